The number of nitrogens with one attached hydrogen (secondary N) is 1. The van der Waals surface area contributed by atoms with Gasteiger partial charge in [0.2, 0.25) is 0 Å². The fourth-order valence-corrected chi connectivity index (χ4v) is 4.21. The monoisotopic (exact) mass is 413 g/mol. The minimum Gasteiger partial charge on any atom is -0.497 e. The number of hydrogen-bond donors (Lipinski definition) is 1. The van der Waals surface area contributed by atoms with Crippen LogP contribution in [0, 0.1) is 11.6 Å². The molecule has 1 aromatic heterocycles. The molecular formula is C23H25F2N3O2. The number of aromatic nitrogens is 2. The molecule has 1 atom stereocenters. The number of piperidine rings is 1. The molecule has 7 heteroatoms. The molecule has 0 aliphatic carbocycles. The van der Waals surface area contributed by atoms with Gasteiger partial charge in [-0.3, -0.25) is 10.00 Å². The molecule has 1 aliphatic heterocycles. The minimum absolute atomic E-state index is 0.0177. The number of methoxy groups -OCH3 is 2. The van der Waals surface area contributed by atoms with Gasteiger partial charge in [-0.15, -0.1) is 0 Å². The van der Waals surface area contributed by atoms with Crippen LogP contribution in [-0.2, 0) is 6.54 Å². The smallest absolute Gasteiger partial charge is 0.134 e. The lowest BCUT2D eigenvalue weighted by Gasteiger charge is -2.33. The first-order chi connectivity index (χ1) is 14.6. The van der Waals surface area contributed by atoms with Crippen molar-refractivity contribution in [2.24, 2.45) is 0 Å². The van der Waals surface area contributed by atoms with E-state index in [0.29, 0.717) is 5.56 Å². The topological polar surface area (TPSA) is 50.4 Å². The van der Waals surface area contributed by atoms with E-state index < -0.39 is 11.6 Å². The summed E-state index contributed by atoms with van der Waals surface area (Å²) in [5.41, 5.74) is 2.36. The van der Waals surface area contributed by atoms with Crippen LogP contribution >= 0.6 is 0 Å². The molecule has 0 radical (unpaired) electrons. The first-order valence-electron chi connectivity index (χ1n) is 10.0. The average molecular weight is 413 g/mol. The van der Waals surface area contributed by atoms with Crippen LogP contribution in [0.2, 0.25) is 0 Å². The number of hydrogen-bond acceptors (Lipinski definition) is 4. The third-order valence-electron chi connectivity index (χ3n) is 5.63. The third kappa shape index (κ3) is 4.16. The maximum Gasteiger partial charge on any atom is 0.134 e. The van der Waals surface area contributed by atoms with E-state index in [1.54, 1.807) is 14.2 Å². The molecule has 1 N–H and O–H groups in total. The van der Waals surface area contributed by atoms with Crippen LogP contribution in [0.4, 0.5) is 8.78 Å². The zero-order valence-electron chi connectivity index (χ0n) is 17.1. The highest BCUT2D eigenvalue weighted by atomic mass is 19.1. The number of benzene rings is 2. The maximum atomic E-state index is 14.4. The SMILES string of the molecule is COc1cc(CN2CCC[C@H](c3[nH]ncc3-c3c(F)cccc3F)C2)cc(OC)c1. The molecule has 1 fully saturated rings. The van der Waals surface area contributed by atoms with E-state index in [4.69, 9.17) is 9.47 Å². The highest BCUT2D eigenvalue weighted by Gasteiger charge is 2.27. The van der Waals surface area contributed by atoms with Gasteiger partial charge >= 0.3 is 0 Å². The first-order valence-corrected chi connectivity index (χ1v) is 10.0. The fraction of sp³-hybridized carbons (Fsp3) is 0.348. The van der Waals surface area contributed by atoms with Crippen LogP contribution < -0.4 is 9.47 Å². The molecule has 0 bridgehead atoms. The van der Waals surface area contributed by atoms with Gasteiger partial charge in [-0.1, -0.05) is 6.07 Å². The van der Waals surface area contributed by atoms with E-state index in [1.165, 1.54) is 24.4 Å². The normalized spacial score (nSPS) is 17.1. The van der Waals surface area contributed by atoms with Gasteiger partial charge in [0.1, 0.15) is 23.1 Å². The summed E-state index contributed by atoms with van der Waals surface area (Å²) in [6, 6.07) is 9.78. The summed E-state index contributed by atoms with van der Waals surface area (Å²) in [7, 11) is 3.27. The van der Waals surface area contributed by atoms with Crippen molar-refractivity contribution in [1.82, 2.24) is 15.1 Å². The lowest BCUT2D eigenvalue weighted by Crippen LogP contribution is -2.34. The number of likely N-dealkylation sites (tertiary alicyclic amines) is 1. The third-order valence-corrected chi connectivity index (χ3v) is 5.63. The summed E-state index contributed by atoms with van der Waals surface area (Å²) in [4.78, 5) is 2.34. The van der Waals surface area contributed by atoms with Crippen molar-refractivity contribution in [2.75, 3.05) is 27.3 Å². The minimum atomic E-state index is -0.575. The number of H-pyrrole nitrogens is 1. The van der Waals surface area contributed by atoms with Gasteiger partial charge in [0.05, 0.1) is 26.0 Å². The second-order valence-electron chi connectivity index (χ2n) is 7.59. The molecule has 1 saturated heterocycles. The van der Waals surface area contributed by atoms with Gasteiger partial charge < -0.3 is 9.47 Å². The zero-order valence-corrected chi connectivity index (χ0v) is 17.1. The number of nitrogens with zero attached hydrogens (tertiary/aromatic N) is 2. The first kappa shape index (κ1) is 20.3. The van der Waals surface area contributed by atoms with Gasteiger partial charge in [-0.2, -0.15) is 5.10 Å². The van der Waals surface area contributed by atoms with Crippen molar-refractivity contribution in [3.05, 3.63) is 65.5 Å². The Morgan fingerprint density at radius 3 is 2.47 bits per heavy atom. The Hall–Kier alpha value is -2.93. The molecule has 0 saturated carbocycles. The van der Waals surface area contributed by atoms with Crippen molar-refractivity contribution >= 4 is 0 Å². The average Bonchev–Trinajstić information content (AvgIpc) is 3.23. The molecule has 3 aromatic rings. The van der Waals surface area contributed by atoms with Crippen molar-refractivity contribution in [3.8, 4) is 22.6 Å². The van der Waals surface area contributed by atoms with Crippen molar-refractivity contribution in [2.45, 2.75) is 25.3 Å². The van der Waals surface area contributed by atoms with Gasteiger partial charge in [0, 0.05) is 36.3 Å². The quantitative estimate of drug-likeness (QED) is 0.634. The van der Waals surface area contributed by atoms with Crippen molar-refractivity contribution in [3.63, 3.8) is 0 Å². The molecule has 4 rings (SSSR count). The molecule has 0 spiro atoms. The Balaban J connectivity index is 1.56. The van der Waals surface area contributed by atoms with Crippen LogP contribution in [0.1, 0.15) is 30.0 Å². The highest BCUT2D eigenvalue weighted by Crippen LogP contribution is 2.36. The Morgan fingerprint density at radius 1 is 1.10 bits per heavy atom. The summed E-state index contributed by atoms with van der Waals surface area (Å²) in [5, 5.41) is 7.10. The van der Waals surface area contributed by atoms with Crippen LogP contribution in [0.25, 0.3) is 11.1 Å². The predicted molar refractivity (Wildman–Crippen MR) is 111 cm³/mol. The number of rotatable bonds is 6. The molecule has 0 unspecified atom stereocenters. The lowest BCUT2D eigenvalue weighted by atomic mass is 9.90. The molecule has 2 heterocycles. The van der Waals surface area contributed by atoms with Gasteiger partial charge in [0.25, 0.3) is 0 Å². The van der Waals surface area contributed by atoms with Crippen molar-refractivity contribution < 1.29 is 18.3 Å². The van der Waals surface area contributed by atoms with E-state index in [9.17, 15) is 8.78 Å². The van der Waals surface area contributed by atoms with Gasteiger partial charge in [-0.25, -0.2) is 8.78 Å². The second-order valence-corrected chi connectivity index (χ2v) is 7.59. The van der Waals surface area contributed by atoms with Crippen LogP contribution in [-0.4, -0.2) is 42.4 Å². The largest absolute Gasteiger partial charge is 0.497 e. The number of aromatic amines is 1. The summed E-state index contributed by atoms with van der Waals surface area (Å²) in [5.74, 6) is 0.470. The Kier molecular flexibility index (Phi) is 5.99. The van der Waals surface area contributed by atoms with E-state index in [-0.39, 0.29) is 11.5 Å². The van der Waals surface area contributed by atoms with Gasteiger partial charge in [0.15, 0.2) is 0 Å². The maximum absolute atomic E-state index is 14.4. The van der Waals surface area contributed by atoms with E-state index in [0.717, 1.165) is 55.2 Å². The summed E-state index contributed by atoms with van der Waals surface area (Å²) in [6.45, 7) is 2.46. The predicted octanol–water partition coefficient (Wildman–Crippen LogP) is 4.75. The summed E-state index contributed by atoms with van der Waals surface area (Å²) < 4.78 is 39.4. The lowest BCUT2D eigenvalue weighted by molar-refractivity contribution is 0.198. The van der Waals surface area contributed by atoms with Gasteiger partial charge in [-0.05, 0) is 49.2 Å². The number of halogens is 2. The molecule has 158 valence electrons. The molecule has 5 nitrogen and oxygen atoms in total. The van der Waals surface area contributed by atoms with E-state index >= 15 is 0 Å². The standard InChI is InChI=1S/C23H25F2N3O2/c1-29-17-9-15(10-18(11-17)30-2)13-28-8-4-5-16(14-28)23-19(12-26-27-23)22-20(24)6-3-7-21(22)25/h3,6-7,9-12,16H,4-5,8,13-14H2,1-2H3,(H,26,27)/t16-/m0/s1. The number of ether oxygens (including phenoxy) is 2. The zero-order chi connectivity index (χ0) is 21.1. The summed E-state index contributed by atoms with van der Waals surface area (Å²) >= 11 is 0. The van der Waals surface area contributed by atoms with Crippen molar-refractivity contribution in [1.29, 1.82) is 0 Å². The Morgan fingerprint density at radius 2 is 1.80 bits per heavy atom. The van der Waals surface area contributed by atoms with E-state index in [2.05, 4.69) is 15.1 Å². The van der Waals surface area contributed by atoms with Crippen LogP contribution in [0.15, 0.2) is 42.6 Å². The molecule has 0 amide bonds. The second kappa shape index (κ2) is 8.83. The Labute approximate surface area is 174 Å². The molecule has 30 heavy (non-hydrogen) atoms. The molecular weight excluding hydrogens is 388 g/mol. The molecule has 1 aliphatic rings. The van der Waals surface area contributed by atoms with E-state index in [1.807, 2.05) is 18.2 Å². The highest BCUT2D eigenvalue weighted by molar-refractivity contribution is 5.67. The Bertz CT molecular complexity index is 979. The van der Waals surface area contributed by atoms with Crippen LogP contribution in [0.5, 0.6) is 11.5 Å². The summed E-state index contributed by atoms with van der Waals surface area (Å²) in [6.07, 6.45) is 3.44. The fourth-order valence-electron chi connectivity index (χ4n) is 4.21. The van der Waals surface area contributed by atoms with Crippen LogP contribution in [0.3, 0.4) is 0 Å². The molecule has 2 aromatic carbocycles.